The number of carbonyl (C=O) groups is 1. The third kappa shape index (κ3) is 2.89. The lowest BCUT2D eigenvalue weighted by atomic mass is 9.68. The standard InChI is InChI=1S/C20H23NO2S/c22-18-8-4-7-17-20(18)16(15-9-10-24-13-15)11-19(23)21(17)12-14-5-2-1-3-6-14/h1-3,5-6,9-10,13,16-18,20,22H,4,7-8,11-12H2/t16-,17-,18+,20-/m1/s1. The maximum Gasteiger partial charge on any atom is 0.223 e. The normalized spacial score (nSPS) is 30.2. The van der Waals surface area contributed by atoms with Gasteiger partial charge in [0.1, 0.15) is 0 Å². The lowest BCUT2D eigenvalue weighted by molar-refractivity contribution is -0.146. The van der Waals surface area contributed by atoms with Crippen LogP contribution in [0.5, 0.6) is 0 Å². The summed E-state index contributed by atoms with van der Waals surface area (Å²) < 4.78 is 0. The average molecular weight is 341 g/mol. The number of piperidine rings is 1. The van der Waals surface area contributed by atoms with Gasteiger partial charge in [0.05, 0.1) is 6.10 Å². The Morgan fingerprint density at radius 1 is 1.17 bits per heavy atom. The number of carbonyl (C=O) groups excluding carboxylic acids is 1. The van der Waals surface area contributed by atoms with E-state index >= 15 is 0 Å². The number of amides is 1. The Kier molecular flexibility index (Phi) is 4.42. The van der Waals surface area contributed by atoms with Gasteiger partial charge in [-0.15, -0.1) is 0 Å². The van der Waals surface area contributed by atoms with Gasteiger partial charge >= 0.3 is 0 Å². The molecule has 24 heavy (non-hydrogen) atoms. The fraction of sp³-hybridized carbons (Fsp3) is 0.450. The SMILES string of the molecule is O=C1C[C@H](c2ccsc2)[C@@H]2[C@@H](CCC[C@@H]2O)N1Cc1ccccc1. The summed E-state index contributed by atoms with van der Waals surface area (Å²) in [5.41, 5.74) is 2.39. The Hall–Kier alpha value is -1.65. The Bertz CT molecular complexity index is 685. The third-order valence-corrected chi connectivity index (χ3v) is 6.34. The van der Waals surface area contributed by atoms with Crippen LogP contribution in [0.15, 0.2) is 47.2 Å². The molecule has 1 saturated heterocycles. The molecular weight excluding hydrogens is 318 g/mol. The Morgan fingerprint density at radius 2 is 2.00 bits per heavy atom. The van der Waals surface area contributed by atoms with Crippen molar-refractivity contribution in [3.05, 3.63) is 58.3 Å². The van der Waals surface area contributed by atoms with E-state index < -0.39 is 0 Å². The van der Waals surface area contributed by atoms with E-state index in [0.29, 0.717) is 13.0 Å². The second-order valence-electron chi connectivity index (χ2n) is 7.02. The molecule has 0 radical (unpaired) electrons. The lowest BCUT2D eigenvalue weighted by Crippen LogP contribution is -2.56. The number of rotatable bonds is 3. The van der Waals surface area contributed by atoms with E-state index in [1.165, 1.54) is 11.1 Å². The van der Waals surface area contributed by atoms with Crippen molar-refractivity contribution in [3.8, 4) is 0 Å². The van der Waals surface area contributed by atoms with Crippen LogP contribution in [0.2, 0.25) is 0 Å². The zero-order valence-electron chi connectivity index (χ0n) is 13.7. The highest BCUT2D eigenvalue weighted by molar-refractivity contribution is 7.08. The van der Waals surface area contributed by atoms with Gasteiger partial charge in [-0.05, 0) is 47.2 Å². The predicted octanol–water partition coefficient (Wildman–Crippen LogP) is 3.79. The smallest absolute Gasteiger partial charge is 0.223 e. The highest BCUT2D eigenvalue weighted by Gasteiger charge is 2.47. The van der Waals surface area contributed by atoms with Crippen LogP contribution in [0, 0.1) is 5.92 Å². The second-order valence-corrected chi connectivity index (χ2v) is 7.80. The van der Waals surface area contributed by atoms with E-state index in [2.05, 4.69) is 29.0 Å². The fourth-order valence-corrected chi connectivity index (χ4v) is 5.24. The molecule has 1 aliphatic heterocycles. The minimum absolute atomic E-state index is 0.153. The van der Waals surface area contributed by atoms with Crippen molar-refractivity contribution in [3.63, 3.8) is 0 Å². The molecule has 0 unspecified atom stereocenters. The molecule has 1 aliphatic carbocycles. The summed E-state index contributed by atoms with van der Waals surface area (Å²) in [4.78, 5) is 14.9. The highest BCUT2D eigenvalue weighted by atomic mass is 32.1. The minimum Gasteiger partial charge on any atom is -0.393 e. The van der Waals surface area contributed by atoms with Gasteiger partial charge in [0.2, 0.25) is 5.91 Å². The largest absolute Gasteiger partial charge is 0.393 e. The Morgan fingerprint density at radius 3 is 2.75 bits per heavy atom. The van der Waals surface area contributed by atoms with Crippen molar-refractivity contribution in [2.24, 2.45) is 5.92 Å². The van der Waals surface area contributed by atoms with E-state index in [-0.39, 0.29) is 29.9 Å². The number of thiophene rings is 1. The number of hydrogen-bond donors (Lipinski definition) is 1. The Balaban J connectivity index is 1.64. The van der Waals surface area contributed by atoms with Crippen LogP contribution in [-0.4, -0.2) is 28.1 Å². The molecule has 126 valence electrons. The molecule has 0 bridgehead atoms. The number of nitrogens with zero attached hydrogens (tertiary/aromatic N) is 1. The molecule has 1 aromatic heterocycles. The molecular formula is C20H23NO2S. The Labute approximate surface area is 146 Å². The van der Waals surface area contributed by atoms with Gasteiger partial charge in [0, 0.05) is 30.8 Å². The summed E-state index contributed by atoms with van der Waals surface area (Å²) in [6.45, 7) is 0.657. The van der Waals surface area contributed by atoms with Crippen LogP contribution in [0.4, 0.5) is 0 Å². The number of aliphatic hydroxyl groups excluding tert-OH is 1. The van der Waals surface area contributed by atoms with Gasteiger partial charge < -0.3 is 10.0 Å². The van der Waals surface area contributed by atoms with Crippen molar-refractivity contribution in [1.82, 2.24) is 4.90 Å². The zero-order valence-corrected chi connectivity index (χ0v) is 14.5. The number of benzene rings is 1. The van der Waals surface area contributed by atoms with Crippen LogP contribution in [0.1, 0.15) is 42.7 Å². The van der Waals surface area contributed by atoms with Gasteiger partial charge in [-0.2, -0.15) is 11.3 Å². The van der Waals surface area contributed by atoms with Gasteiger partial charge in [-0.1, -0.05) is 30.3 Å². The van der Waals surface area contributed by atoms with Crippen LogP contribution in [0.3, 0.4) is 0 Å². The molecule has 1 aromatic carbocycles. The third-order valence-electron chi connectivity index (χ3n) is 5.64. The molecule has 3 nitrogen and oxygen atoms in total. The first-order valence-electron chi connectivity index (χ1n) is 8.77. The first-order valence-corrected chi connectivity index (χ1v) is 9.72. The van der Waals surface area contributed by atoms with Crippen LogP contribution < -0.4 is 0 Å². The molecule has 2 aliphatic rings. The first kappa shape index (κ1) is 15.9. The molecule has 2 fully saturated rings. The van der Waals surface area contributed by atoms with E-state index in [0.717, 1.165) is 19.3 Å². The predicted molar refractivity (Wildman–Crippen MR) is 95.8 cm³/mol. The molecule has 4 atom stereocenters. The summed E-state index contributed by atoms with van der Waals surface area (Å²) in [5.74, 6) is 0.552. The summed E-state index contributed by atoms with van der Waals surface area (Å²) in [7, 11) is 0. The van der Waals surface area contributed by atoms with Gasteiger partial charge in [-0.25, -0.2) is 0 Å². The molecule has 4 heteroatoms. The summed E-state index contributed by atoms with van der Waals surface area (Å²) in [5, 5.41) is 14.9. The van der Waals surface area contributed by atoms with E-state index in [1.54, 1.807) is 11.3 Å². The van der Waals surface area contributed by atoms with Crippen LogP contribution in [0.25, 0.3) is 0 Å². The quantitative estimate of drug-likeness (QED) is 0.923. The molecule has 1 saturated carbocycles. The van der Waals surface area contributed by atoms with Gasteiger partial charge in [-0.3, -0.25) is 4.79 Å². The molecule has 4 rings (SSSR count). The molecule has 1 amide bonds. The summed E-state index contributed by atoms with van der Waals surface area (Å²) >= 11 is 1.67. The number of hydrogen-bond acceptors (Lipinski definition) is 3. The van der Waals surface area contributed by atoms with Crippen LogP contribution >= 0.6 is 11.3 Å². The van der Waals surface area contributed by atoms with E-state index in [9.17, 15) is 9.90 Å². The van der Waals surface area contributed by atoms with Crippen molar-refractivity contribution in [2.45, 2.75) is 50.3 Å². The van der Waals surface area contributed by atoms with Crippen molar-refractivity contribution >= 4 is 17.2 Å². The second kappa shape index (κ2) is 6.69. The van der Waals surface area contributed by atoms with Crippen LogP contribution in [-0.2, 0) is 11.3 Å². The molecule has 1 N–H and O–H groups in total. The van der Waals surface area contributed by atoms with Crippen molar-refractivity contribution in [1.29, 1.82) is 0 Å². The number of likely N-dealkylation sites (tertiary alicyclic amines) is 1. The highest BCUT2D eigenvalue weighted by Crippen LogP contribution is 2.45. The molecule has 0 spiro atoms. The minimum atomic E-state index is -0.306. The topological polar surface area (TPSA) is 40.5 Å². The van der Waals surface area contributed by atoms with E-state index in [4.69, 9.17) is 0 Å². The maximum absolute atomic E-state index is 12.9. The maximum atomic E-state index is 12.9. The summed E-state index contributed by atoms with van der Waals surface area (Å²) in [6.07, 6.45) is 3.06. The monoisotopic (exact) mass is 341 g/mol. The summed E-state index contributed by atoms with van der Waals surface area (Å²) in [6, 6.07) is 12.5. The van der Waals surface area contributed by atoms with Crippen molar-refractivity contribution in [2.75, 3.05) is 0 Å². The number of fused-ring (bicyclic) bond motifs is 1. The fourth-order valence-electron chi connectivity index (χ4n) is 4.52. The molecule has 2 heterocycles. The lowest BCUT2D eigenvalue weighted by Gasteiger charge is -2.49. The van der Waals surface area contributed by atoms with E-state index in [1.807, 2.05) is 23.1 Å². The molecule has 2 aromatic rings. The zero-order chi connectivity index (χ0) is 16.5. The van der Waals surface area contributed by atoms with Gasteiger partial charge in [0.15, 0.2) is 0 Å². The van der Waals surface area contributed by atoms with Gasteiger partial charge in [0.25, 0.3) is 0 Å². The van der Waals surface area contributed by atoms with Crippen molar-refractivity contribution < 1.29 is 9.90 Å². The number of aliphatic hydroxyl groups is 1. The average Bonchev–Trinajstić information content (AvgIpc) is 3.13. The first-order chi connectivity index (χ1) is 11.7.